The zero-order chi connectivity index (χ0) is 21.8. The van der Waals surface area contributed by atoms with Crippen molar-refractivity contribution in [3.05, 3.63) is 89.5 Å². The third-order valence-electron chi connectivity index (χ3n) is 5.59. The predicted octanol–water partition coefficient (Wildman–Crippen LogP) is 4.14. The van der Waals surface area contributed by atoms with E-state index in [0.29, 0.717) is 6.42 Å². The molecule has 0 amide bonds. The summed E-state index contributed by atoms with van der Waals surface area (Å²) < 4.78 is 15.9. The maximum absolute atomic E-state index is 11.2. The van der Waals surface area contributed by atoms with E-state index in [0.717, 1.165) is 6.16 Å². The van der Waals surface area contributed by atoms with Crippen LogP contribution in [0.4, 0.5) is 0 Å². The summed E-state index contributed by atoms with van der Waals surface area (Å²) in [7, 11) is -6.89. The molecule has 30 heavy (non-hydrogen) atoms. The molecule has 2 N–H and O–H groups in total. The molecule has 0 heterocycles. The van der Waals surface area contributed by atoms with Crippen molar-refractivity contribution < 1.29 is 18.9 Å². The first-order valence-corrected chi connectivity index (χ1v) is 13.9. The standard InChI is InChI=1S/C24H30O4P2/c1-19-5-11-22(12-6-19)29(18-4-17-28-30(25,26)27,23-13-7-20(2)8-14-23)24-15-9-21(3)10-16-24/h5-16,29H,4,17-18H2,1-3H3,(H2,25,26,27). The van der Waals surface area contributed by atoms with Crippen molar-refractivity contribution in [2.75, 3.05) is 12.8 Å². The monoisotopic (exact) mass is 444 g/mol. The molecular formula is C24H30O4P2. The van der Waals surface area contributed by atoms with Crippen molar-refractivity contribution in [2.24, 2.45) is 0 Å². The van der Waals surface area contributed by atoms with E-state index in [1.165, 1.54) is 32.6 Å². The molecule has 6 heteroatoms. The third kappa shape index (κ3) is 5.46. The molecule has 3 rings (SSSR count). The molecule has 0 aromatic heterocycles. The van der Waals surface area contributed by atoms with Crippen LogP contribution in [-0.4, -0.2) is 22.6 Å². The van der Waals surface area contributed by atoms with Crippen LogP contribution in [0.2, 0.25) is 0 Å². The fraction of sp³-hybridized carbons (Fsp3) is 0.250. The molecule has 0 radical (unpaired) electrons. The van der Waals surface area contributed by atoms with Crippen LogP contribution in [0.5, 0.6) is 0 Å². The number of aryl methyl sites for hydroxylation is 3. The molecule has 0 aliphatic heterocycles. The minimum absolute atomic E-state index is 0.0304. The number of phosphoric ester groups is 1. The first kappa shape index (κ1) is 22.9. The first-order chi connectivity index (χ1) is 14.2. The van der Waals surface area contributed by atoms with Crippen LogP contribution in [0, 0.1) is 20.8 Å². The molecule has 0 saturated heterocycles. The Bertz CT molecular complexity index is 896. The zero-order valence-electron chi connectivity index (χ0n) is 17.7. The SMILES string of the molecule is Cc1ccc([PH](CCCOP(=O)(O)O)(c2ccc(C)cc2)c2ccc(C)cc2)cc1. The van der Waals surface area contributed by atoms with Gasteiger partial charge in [0, 0.05) is 0 Å². The van der Waals surface area contributed by atoms with E-state index in [1.807, 2.05) is 0 Å². The third-order valence-corrected chi connectivity index (χ3v) is 11.2. The summed E-state index contributed by atoms with van der Waals surface area (Å²) in [6.45, 7) is 6.28. The average molecular weight is 444 g/mol. The van der Waals surface area contributed by atoms with Gasteiger partial charge in [0.25, 0.3) is 0 Å². The van der Waals surface area contributed by atoms with Crippen LogP contribution >= 0.6 is 15.1 Å². The topological polar surface area (TPSA) is 66.8 Å². The van der Waals surface area contributed by atoms with Gasteiger partial charge in [-0.3, -0.25) is 0 Å². The molecular weight excluding hydrogens is 414 g/mol. The van der Waals surface area contributed by atoms with E-state index >= 15 is 0 Å². The van der Waals surface area contributed by atoms with Gasteiger partial charge in [0.1, 0.15) is 0 Å². The molecule has 0 spiro atoms. The molecule has 0 aliphatic rings. The van der Waals surface area contributed by atoms with Gasteiger partial charge in [-0.05, 0) is 0 Å². The Labute approximate surface area is 179 Å². The van der Waals surface area contributed by atoms with Crippen LogP contribution in [-0.2, 0) is 9.09 Å². The van der Waals surface area contributed by atoms with Crippen molar-refractivity contribution >= 4 is 31.0 Å². The molecule has 4 nitrogen and oxygen atoms in total. The molecule has 0 bridgehead atoms. The zero-order valence-corrected chi connectivity index (χ0v) is 19.6. The van der Waals surface area contributed by atoms with Gasteiger partial charge in [0.15, 0.2) is 0 Å². The van der Waals surface area contributed by atoms with E-state index < -0.39 is 15.1 Å². The summed E-state index contributed by atoms with van der Waals surface area (Å²) in [4.78, 5) is 18.2. The maximum atomic E-state index is 11.2. The van der Waals surface area contributed by atoms with E-state index in [1.54, 1.807) is 0 Å². The van der Waals surface area contributed by atoms with Crippen LogP contribution < -0.4 is 15.9 Å². The Hall–Kier alpha value is -1.80. The van der Waals surface area contributed by atoms with Crippen molar-refractivity contribution in [3.63, 3.8) is 0 Å². The Kier molecular flexibility index (Phi) is 7.29. The Balaban J connectivity index is 2.14. The van der Waals surface area contributed by atoms with Gasteiger partial charge >= 0.3 is 179 Å². The van der Waals surface area contributed by atoms with Crippen LogP contribution in [0.3, 0.4) is 0 Å². The van der Waals surface area contributed by atoms with Gasteiger partial charge in [0.2, 0.25) is 0 Å². The van der Waals surface area contributed by atoms with Crippen molar-refractivity contribution in [1.29, 1.82) is 0 Å². The first-order valence-electron chi connectivity index (χ1n) is 10.1. The average Bonchev–Trinajstić information content (AvgIpc) is 2.70. The number of hydrogen-bond acceptors (Lipinski definition) is 2. The number of benzene rings is 3. The predicted molar refractivity (Wildman–Crippen MR) is 128 cm³/mol. The Morgan fingerprint density at radius 1 is 0.700 bits per heavy atom. The number of phosphoric acid groups is 1. The van der Waals surface area contributed by atoms with Gasteiger partial charge in [-0.1, -0.05) is 0 Å². The van der Waals surface area contributed by atoms with Gasteiger partial charge in [0.05, 0.1) is 0 Å². The fourth-order valence-corrected chi connectivity index (χ4v) is 9.08. The molecule has 3 aromatic rings. The normalized spacial score (nSPS) is 12.7. The van der Waals surface area contributed by atoms with E-state index in [4.69, 9.17) is 14.3 Å². The van der Waals surface area contributed by atoms with Crippen molar-refractivity contribution in [1.82, 2.24) is 0 Å². The summed E-state index contributed by atoms with van der Waals surface area (Å²) in [5.74, 6) is 0. The molecule has 0 saturated carbocycles. The summed E-state index contributed by atoms with van der Waals surface area (Å²) in [5, 5.41) is 3.87. The van der Waals surface area contributed by atoms with Crippen molar-refractivity contribution in [3.8, 4) is 0 Å². The van der Waals surface area contributed by atoms with Gasteiger partial charge in [-0.2, -0.15) is 0 Å². The number of rotatable bonds is 8. The molecule has 0 aliphatic carbocycles. The van der Waals surface area contributed by atoms with E-state index in [9.17, 15) is 4.57 Å². The van der Waals surface area contributed by atoms with Crippen LogP contribution in [0.15, 0.2) is 72.8 Å². The minimum atomic E-state index is -4.47. The second-order valence-corrected chi connectivity index (χ2v) is 13.2. The Morgan fingerprint density at radius 3 is 1.33 bits per heavy atom. The summed E-state index contributed by atoms with van der Waals surface area (Å²) in [6, 6.07) is 26.1. The van der Waals surface area contributed by atoms with Gasteiger partial charge in [-0.15, -0.1) is 0 Å². The van der Waals surface area contributed by atoms with Gasteiger partial charge in [-0.25, -0.2) is 0 Å². The Morgan fingerprint density at radius 2 is 1.03 bits per heavy atom. The quantitative estimate of drug-likeness (QED) is 0.405. The number of hydrogen-bond donors (Lipinski definition) is 2. The second kappa shape index (κ2) is 9.56. The van der Waals surface area contributed by atoms with Crippen LogP contribution in [0.25, 0.3) is 0 Å². The van der Waals surface area contributed by atoms with E-state index in [2.05, 4.69) is 93.6 Å². The molecule has 160 valence electrons. The molecule has 0 fully saturated rings. The van der Waals surface area contributed by atoms with Crippen molar-refractivity contribution in [2.45, 2.75) is 27.2 Å². The summed E-state index contributed by atoms with van der Waals surface area (Å²) in [5.41, 5.74) is 3.62. The van der Waals surface area contributed by atoms with Gasteiger partial charge < -0.3 is 0 Å². The molecule has 0 unspecified atom stereocenters. The van der Waals surface area contributed by atoms with E-state index in [-0.39, 0.29) is 6.61 Å². The summed E-state index contributed by atoms with van der Waals surface area (Å²) >= 11 is 0. The fourth-order valence-electron chi connectivity index (χ4n) is 3.97. The summed E-state index contributed by atoms with van der Waals surface area (Å²) in [6.07, 6.45) is 1.36. The van der Waals surface area contributed by atoms with Crippen LogP contribution in [0.1, 0.15) is 23.1 Å². The second-order valence-electron chi connectivity index (χ2n) is 7.93. The molecule has 3 aromatic carbocycles. The molecule has 0 atom stereocenters.